The summed E-state index contributed by atoms with van der Waals surface area (Å²) in [7, 11) is 0. The monoisotopic (exact) mass is 249 g/mol. The van der Waals surface area contributed by atoms with Crippen LogP contribution in [0.2, 0.25) is 0 Å². The molecule has 0 spiro atoms. The van der Waals surface area contributed by atoms with Gasteiger partial charge in [-0.25, -0.2) is 4.39 Å². The molecule has 0 saturated heterocycles. The zero-order chi connectivity index (χ0) is 13.0. The van der Waals surface area contributed by atoms with Gasteiger partial charge in [0.2, 0.25) is 0 Å². The van der Waals surface area contributed by atoms with E-state index in [0.717, 1.165) is 18.4 Å². The molecule has 1 atom stereocenters. The highest BCUT2D eigenvalue weighted by atomic mass is 19.1. The number of benzene rings is 1. The fourth-order valence-electron chi connectivity index (χ4n) is 2.75. The van der Waals surface area contributed by atoms with E-state index >= 15 is 0 Å². The molecule has 0 aromatic heterocycles. The lowest BCUT2D eigenvalue weighted by Crippen LogP contribution is -2.28. The van der Waals surface area contributed by atoms with E-state index in [9.17, 15) is 4.39 Å². The molecule has 2 rings (SSSR count). The largest absolute Gasteiger partial charge is 0.310 e. The Hall–Kier alpha value is -0.890. The minimum absolute atomic E-state index is 0.160. The van der Waals surface area contributed by atoms with Crippen LogP contribution in [0.25, 0.3) is 0 Å². The van der Waals surface area contributed by atoms with Gasteiger partial charge in [-0.3, -0.25) is 0 Å². The molecule has 0 bridgehead atoms. The lowest BCUT2D eigenvalue weighted by molar-refractivity contribution is 0.276. The highest BCUT2D eigenvalue weighted by molar-refractivity contribution is 5.19. The second kappa shape index (κ2) is 6.33. The minimum atomic E-state index is -0.160. The summed E-state index contributed by atoms with van der Waals surface area (Å²) in [6, 6.07) is 7.13. The van der Waals surface area contributed by atoms with Crippen LogP contribution in [0.5, 0.6) is 0 Å². The first-order valence-corrected chi connectivity index (χ1v) is 7.14. The van der Waals surface area contributed by atoms with Gasteiger partial charge in [0.05, 0.1) is 0 Å². The predicted octanol–water partition coefficient (Wildman–Crippen LogP) is 4.30. The number of hydrogen-bond donors (Lipinski definition) is 1. The zero-order valence-electron chi connectivity index (χ0n) is 11.5. The summed E-state index contributed by atoms with van der Waals surface area (Å²) in [5.74, 6) is 1.58. The molecule has 1 aromatic carbocycles. The van der Waals surface area contributed by atoms with E-state index in [1.807, 2.05) is 12.1 Å². The SMILES string of the molecule is CC1CCC(CN[C@H](C)c2ccc(F)cc2)CC1. The lowest BCUT2D eigenvalue weighted by Gasteiger charge is -2.27. The number of nitrogens with one attached hydrogen (secondary N) is 1. The van der Waals surface area contributed by atoms with Crippen LogP contribution in [0.1, 0.15) is 51.1 Å². The molecule has 0 heterocycles. The van der Waals surface area contributed by atoms with Crippen molar-refractivity contribution in [3.8, 4) is 0 Å². The van der Waals surface area contributed by atoms with Crippen LogP contribution in [-0.2, 0) is 0 Å². The van der Waals surface area contributed by atoms with Gasteiger partial charge < -0.3 is 5.32 Å². The van der Waals surface area contributed by atoms with E-state index in [-0.39, 0.29) is 5.82 Å². The fraction of sp³-hybridized carbons (Fsp3) is 0.625. The first-order valence-electron chi connectivity index (χ1n) is 7.14. The molecule has 1 nitrogen and oxygen atoms in total. The Bertz CT molecular complexity index is 352. The van der Waals surface area contributed by atoms with Crippen LogP contribution >= 0.6 is 0 Å². The van der Waals surface area contributed by atoms with Gasteiger partial charge in [0.15, 0.2) is 0 Å². The van der Waals surface area contributed by atoms with Gasteiger partial charge >= 0.3 is 0 Å². The Morgan fingerprint density at radius 1 is 1.17 bits per heavy atom. The highest BCUT2D eigenvalue weighted by Crippen LogP contribution is 2.28. The summed E-state index contributed by atoms with van der Waals surface area (Å²) in [5, 5.41) is 3.58. The molecule has 1 N–H and O–H groups in total. The van der Waals surface area contributed by atoms with Crippen molar-refractivity contribution in [3.63, 3.8) is 0 Å². The smallest absolute Gasteiger partial charge is 0.123 e. The average molecular weight is 249 g/mol. The Morgan fingerprint density at radius 2 is 1.78 bits per heavy atom. The summed E-state index contributed by atoms with van der Waals surface area (Å²) in [6.07, 6.45) is 5.45. The standard InChI is InChI=1S/C16H24FN/c1-12-3-5-14(6-4-12)11-18-13(2)15-7-9-16(17)10-8-15/h7-10,12-14,18H,3-6,11H2,1-2H3/t12?,13-,14?/m1/s1. The summed E-state index contributed by atoms with van der Waals surface area (Å²) in [5.41, 5.74) is 1.17. The molecular weight excluding hydrogens is 225 g/mol. The minimum Gasteiger partial charge on any atom is -0.310 e. The highest BCUT2D eigenvalue weighted by Gasteiger charge is 2.18. The third-order valence-electron chi connectivity index (χ3n) is 4.22. The summed E-state index contributed by atoms with van der Waals surface area (Å²) < 4.78 is 12.8. The van der Waals surface area contributed by atoms with Crippen molar-refractivity contribution in [2.24, 2.45) is 11.8 Å². The topological polar surface area (TPSA) is 12.0 Å². The van der Waals surface area contributed by atoms with E-state index in [1.54, 1.807) is 0 Å². The second-order valence-electron chi connectivity index (χ2n) is 5.81. The summed E-state index contributed by atoms with van der Waals surface area (Å²) >= 11 is 0. The molecule has 1 aliphatic carbocycles. The molecule has 18 heavy (non-hydrogen) atoms. The van der Waals surface area contributed by atoms with Gasteiger partial charge in [0.25, 0.3) is 0 Å². The molecule has 1 aromatic rings. The molecule has 2 heteroatoms. The van der Waals surface area contributed by atoms with E-state index in [2.05, 4.69) is 19.2 Å². The van der Waals surface area contributed by atoms with E-state index in [0.29, 0.717) is 6.04 Å². The number of hydrogen-bond acceptors (Lipinski definition) is 1. The molecule has 0 aliphatic heterocycles. The van der Waals surface area contributed by atoms with Crippen molar-refractivity contribution >= 4 is 0 Å². The molecule has 0 amide bonds. The van der Waals surface area contributed by atoms with E-state index in [4.69, 9.17) is 0 Å². The number of halogens is 1. The average Bonchev–Trinajstić information content (AvgIpc) is 2.38. The van der Waals surface area contributed by atoms with Crippen molar-refractivity contribution in [3.05, 3.63) is 35.6 Å². The van der Waals surface area contributed by atoms with Gasteiger partial charge in [-0.2, -0.15) is 0 Å². The number of rotatable bonds is 4. The van der Waals surface area contributed by atoms with Gasteiger partial charge in [-0.1, -0.05) is 31.9 Å². The van der Waals surface area contributed by atoms with Crippen LogP contribution in [0.3, 0.4) is 0 Å². The molecule has 0 unspecified atom stereocenters. The van der Waals surface area contributed by atoms with Crippen molar-refractivity contribution in [1.29, 1.82) is 0 Å². The Balaban J connectivity index is 1.77. The Labute approximate surface area is 110 Å². The molecular formula is C16H24FN. The maximum Gasteiger partial charge on any atom is 0.123 e. The van der Waals surface area contributed by atoms with Crippen LogP contribution in [0.4, 0.5) is 4.39 Å². The van der Waals surface area contributed by atoms with Crippen LogP contribution in [0.15, 0.2) is 24.3 Å². The molecule has 1 fully saturated rings. The molecule has 1 aliphatic rings. The van der Waals surface area contributed by atoms with Crippen molar-refractivity contribution in [2.45, 2.75) is 45.6 Å². The predicted molar refractivity (Wildman–Crippen MR) is 73.9 cm³/mol. The third kappa shape index (κ3) is 3.81. The van der Waals surface area contributed by atoms with Crippen LogP contribution in [-0.4, -0.2) is 6.54 Å². The fourth-order valence-corrected chi connectivity index (χ4v) is 2.75. The van der Waals surface area contributed by atoms with Crippen LogP contribution in [0, 0.1) is 17.7 Å². The first kappa shape index (κ1) is 13.5. The van der Waals surface area contributed by atoms with Crippen molar-refractivity contribution in [2.75, 3.05) is 6.54 Å². The third-order valence-corrected chi connectivity index (χ3v) is 4.22. The second-order valence-corrected chi connectivity index (χ2v) is 5.81. The maximum atomic E-state index is 12.8. The van der Waals surface area contributed by atoms with E-state index < -0.39 is 0 Å². The van der Waals surface area contributed by atoms with Gasteiger partial charge in [0.1, 0.15) is 5.82 Å². The first-order chi connectivity index (χ1) is 8.65. The normalized spacial score (nSPS) is 25.9. The lowest BCUT2D eigenvalue weighted by atomic mass is 9.83. The van der Waals surface area contributed by atoms with Gasteiger partial charge in [-0.15, -0.1) is 0 Å². The summed E-state index contributed by atoms with van der Waals surface area (Å²) in [4.78, 5) is 0. The maximum absolute atomic E-state index is 12.8. The quantitative estimate of drug-likeness (QED) is 0.838. The van der Waals surface area contributed by atoms with Crippen LogP contribution < -0.4 is 5.32 Å². The van der Waals surface area contributed by atoms with Crippen molar-refractivity contribution in [1.82, 2.24) is 5.32 Å². The Morgan fingerprint density at radius 3 is 2.39 bits per heavy atom. The molecule has 0 radical (unpaired) electrons. The van der Waals surface area contributed by atoms with E-state index in [1.165, 1.54) is 43.4 Å². The Kier molecular flexibility index (Phi) is 4.76. The van der Waals surface area contributed by atoms with Gasteiger partial charge in [-0.05, 0) is 55.8 Å². The van der Waals surface area contributed by atoms with Crippen molar-refractivity contribution < 1.29 is 4.39 Å². The molecule has 100 valence electrons. The van der Waals surface area contributed by atoms with Gasteiger partial charge in [0, 0.05) is 6.04 Å². The molecule has 1 saturated carbocycles. The summed E-state index contributed by atoms with van der Waals surface area (Å²) in [6.45, 7) is 5.59. The zero-order valence-corrected chi connectivity index (χ0v) is 11.5.